The maximum atomic E-state index is 11.3. The van der Waals surface area contributed by atoms with Gasteiger partial charge in [-0.1, -0.05) is 0 Å². The number of carboxylic acid groups (broad SMARTS) is 3. The van der Waals surface area contributed by atoms with Crippen LogP contribution in [0.4, 0.5) is 0 Å². The normalized spacial score (nSPS) is 9.71. The van der Waals surface area contributed by atoms with Gasteiger partial charge < -0.3 is 15.3 Å². The van der Waals surface area contributed by atoms with Crippen LogP contribution in [0.5, 0.6) is 0 Å². The molecule has 0 saturated carbocycles. The van der Waals surface area contributed by atoms with Gasteiger partial charge in [-0.25, -0.2) is 14.4 Å². The highest BCUT2D eigenvalue weighted by atomic mass is 16.4. The molecule has 0 aromatic heterocycles. The molecule has 21 heavy (non-hydrogen) atoms. The van der Waals surface area contributed by atoms with Crippen LogP contribution in [0.25, 0.3) is 0 Å². The third-order valence-electron chi connectivity index (χ3n) is 2.30. The second-order valence-electron chi connectivity index (χ2n) is 3.70. The number of ketones is 3. The quantitative estimate of drug-likeness (QED) is 0.462. The molecule has 0 fully saturated rings. The topological polar surface area (TPSA) is 163 Å². The van der Waals surface area contributed by atoms with Gasteiger partial charge in [-0.05, 0) is 18.2 Å². The number of hydrogen-bond donors (Lipinski definition) is 3. The van der Waals surface area contributed by atoms with Crippen molar-refractivity contribution >= 4 is 35.3 Å². The minimum Gasteiger partial charge on any atom is -0.475 e. The van der Waals surface area contributed by atoms with Gasteiger partial charge in [-0.15, -0.1) is 0 Å². The molecule has 0 bridgehead atoms. The average molecular weight is 294 g/mol. The van der Waals surface area contributed by atoms with Gasteiger partial charge in [0, 0.05) is 16.7 Å². The molecule has 9 heteroatoms. The van der Waals surface area contributed by atoms with E-state index < -0.39 is 51.9 Å². The summed E-state index contributed by atoms with van der Waals surface area (Å²) in [6.45, 7) is 0. The van der Waals surface area contributed by atoms with Gasteiger partial charge in [0.05, 0.1) is 0 Å². The molecule has 0 aliphatic rings. The highest BCUT2D eigenvalue weighted by Crippen LogP contribution is 2.13. The van der Waals surface area contributed by atoms with E-state index in [1.54, 1.807) is 0 Å². The van der Waals surface area contributed by atoms with Crippen molar-refractivity contribution in [3.05, 3.63) is 34.9 Å². The van der Waals surface area contributed by atoms with E-state index in [0.717, 1.165) is 0 Å². The van der Waals surface area contributed by atoms with E-state index in [0.29, 0.717) is 18.2 Å². The van der Waals surface area contributed by atoms with Crippen LogP contribution in [0.2, 0.25) is 0 Å². The van der Waals surface area contributed by atoms with E-state index in [1.165, 1.54) is 0 Å². The maximum Gasteiger partial charge on any atom is 0.377 e. The van der Waals surface area contributed by atoms with Crippen molar-refractivity contribution in [2.45, 2.75) is 0 Å². The summed E-state index contributed by atoms with van der Waals surface area (Å²) in [5, 5.41) is 25.7. The van der Waals surface area contributed by atoms with Crippen LogP contribution in [0, 0.1) is 0 Å². The molecule has 0 heterocycles. The molecule has 0 atom stereocenters. The number of benzene rings is 1. The first-order valence-corrected chi connectivity index (χ1v) is 5.13. The molecule has 0 amide bonds. The molecule has 0 radical (unpaired) electrons. The monoisotopic (exact) mass is 294 g/mol. The lowest BCUT2D eigenvalue weighted by Crippen LogP contribution is -2.20. The fraction of sp³-hybridized carbons (Fsp3) is 0. The standard InChI is InChI=1S/C12H6O9/c13-7(10(16)17)4-1-5(8(14)11(18)19)3-6(2-4)9(15)12(20)21/h1-3H,(H,16,17)(H,18,19)(H,20,21). The van der Waals surface area contributed by atoms with Crippen LogP contribution in [0.1, 0.15) is 31.1 Å². The molecule has 3 N–H and O–H groups in total. The maximum absolute atomic E-state index is 11.3. The summed E-state index contributed by atoms with van der Waals surface area (Å²) in [6, 6.07) is 1.97. The Kier molecular flexibility index (Phi) is 4.29. The van der Waals surface area contributed by atoms with Crippen molar-refractivity contribution in [1.82, 2.24) is 0 Å². The Morgan fingerprint density at radius 1 is 0.524 bits per heavy atom. The predicted molar refractivity (Wildman–Crippen MR) is 62.3 cm³/mol. The smallest absolute Gasteiger partial charge is 0.377 e. The van der Waals surface area contributed by atoms with E-state index in [-0.39, 0.29) is 0 Å². The first kappa shape index (κ1) is 15.7. The Morgan fingerprint density at radius 3 is 0.857 bits per heavy atom. The summed E-state index contributed by atoms with van der Waals surface area (Å²) in [7, 11) is 0. The molecule has 0 aliphatic carbocycles. The summed E-state index contributed by atoms with van der Waals surface area (Å²) in [6.07, 6.45) is 0. The second kappa shape index (κ2) is 5.74. The fourth-order valence-electron chi connectivity index (χ4n) is 1.39. The van der Waals surface area contributed by atoms with Crippen molar-refractivity contribution in [1.29, 1.82) is 0 Å². The number of Topliss-reactive ketones (excluding diaryl/α,β-unsaturated/α-hetero) is 3. The van der Waals surface area contributed by atoms with Crippen molar-refractivity contribution in [3.63, 3.8) is 0 Å². The lowest BCUT2D eigenvalue weighted by molar-refractivity contribution is -0.132. The van der Waals surface area contributed by atoms with Gasteiger partial charge in [0.15, 0.2) is 0 Å². The van der Waals surface area contributed by atoms with E-state index in [2.05, 4.69) is 0 Å². The van der Waals surface area contributed by atoms with Gasteiger partial charge >= 0.3 is 17.9 Å². The van der Waals surface area contributed by atoms with Gasteiger partial charge in [-0.2, -0.15) is 0 Å². The summed E-state index contributed by atoms with van der Waals surface area (Å²) in [5.41, 5.74) is -2.04. The molecule has 1 rings (SSSR count). The molecular weight excluding hydrogens is 288 g/mol. The Morgan fingerprint density at radius 2 is 0.714 bits per heavy atom. The molecule has 0 spiro atoms. The summed E-state index contributed by atoms with van der Waals surface area (Å²) in [4.78, 5) is 65.7. The number of aliphatic carboxylic acids is 3. The van der Waals surface area contributed by atoms with Crippen molar-refractivity contribution < 1.29 is 44.1 Å². The average Bonchev–Trinajstić information content (AvgIpc) is 2.43. The Hall–Kier alpha value is -3.36. The van der Waals surface area contributed by atoms with Crippen LogP contribution in [0.15, 0.2) is 18.2 Å². The third-order valence-corrected chi connectivity index (χ3v) is 2.30. The van der Waals surface area contributed by atoms with Crippen LogP contribution in [-0.4, -0.2) is 50.6 Å². The zero-order chi connectivity index (χ0) is 16.3. The fourth-order valence-corrected chi connectivity index (χ4v) is 1.39. The van der Waals surface area contributed by atoms with Crippen LogP contribution < -0.4 is 0 Å². The van der Waals surface area contributed by atoms with E-state index in [9.17, 15) is 28.8 Å². The van der Waals surface area contributed by atoms with E-state index in [1.807, 2.05) is 0 Å². The van der Waals surface area contributed by atoms with Gasteiger partial charge in [0.1, 0.15) is 0 Å². The highest BCUT2D eigenvalue weighted by molar-refractivity contribution is 6.44. The van der Waals surface area contributed by atoms with Crippen LogP contribution in [0.3, 0.4) is 0 Å². The van der Waals surface area contributed by atoms with Crippen LogP contribution >= 0.6 is 0 Å². The molecule has 0 aliphatic heterocycles. The van der Waals surface area contributed by atoms with E-state index >= 15 is 0 Å². The predicted octanol–water partition coefficient (Wildman–Crippen LogP) is -0.512. The van der Waals surface area contributed by atoms with Gasteiger partial charge in [0.25, 0.3) is 17.3 Å². The number of rotatable bonds is 6. The first-order chi connectivity index (χ1) is 9.65. The van der Waals surface area contributed by atoms with Crippen molar-refractivity contribution in [2.75, 3.05) is 0 Å². The van der Waals surface area contributed by atoms with E-state index in [4.69, 9.17) is 15.3 Å². The largest absolute Gasteiger partial charge is 0.475 e. The third kappa shape index (κ3) is 3.35. The Balaban J connectivity index is 3.53. The lowest BCUT2D eigenvalue weighted by atomic mass is 9.98. The first-order valence-electron chi connectivity index (χ1n) is 5.13. The minimum atomic E-state index is -1.91. The molecule has 0 unspecified atom stereocenters. The zero-order valence-electron chi connectivity index (χ0n) is 10.0. The summed E-state index contributed by atoms with van der Waals surface area (Å²) < 4.78 is 0. The van der Waals surface area contributed by atoms with Gasteiger partial charge in [0.2, 0.25) is 0 Å². The van der Waals surface area contributed by atoms with Crippen molar-refractivity contribution in [3.8, 4) is 0 Å². The second-order valence-corrected chi connectivity index (χ2v) is 3.70. The number of carbonyl (C=O) groups is 6. The highest BCUT2D eigenvalue weighted by Gasteiger charge is 2.24. The lowest BCUT2D eigenvalue weighted by Gasteiger charge is -2.04. The zero-order valence-corrected chi connectivity index (χ0v) is 10.0. The molecule has 108 valence electrons. The number of carboxylic acids is 3. The Labute approximate surface area is 115 Å². The molecular formula is C12H6O9. The number of carbonyl (C=O) groups excluding carboxylic acids is 3. The number of hydrogen-bond acceptors (Lipinski definition) is 6. The SMILES string of the molecule is O=C(O)C(=O)c1cc(C(=O)C(=O)O)cc(C(=O)C(=O)O)c1. The van der Waals surface area contributed by atoms with Crippen LogP contribution in [-0.2, 0) is 14.4 Å². The summed E-state index contributed by atoms with van der Waals surface area (Å²) >= 11 is 0. The Bertz CT molecular complexity index is 591. The molecule has 9 nitrogen and oxygen atoms in total. The van der Waals surface area contributed by atoms with Crippen molar-refractivity contribution in [2.24, 2.45) is 0 Å². The molecule has 0 saturated heterocycles. The summed E-state index contributed by atoms with van der Waals surface area (Å²) in [5.74, 6) is -10.3. The van der Waals surface area contributed by atoms with Gasteiger partial charge in [-0.3, -0.25) is 14.4 Å². The molecule has 1 aromatic carbocycles. The minimum absolute atomic E-state index is 0.658. The molecule has 1 aromatic rings.